The van der Waals surface area contributed by atoms with Crippen LogP contribution in [-0.4, -0.2) is 37.0 Å². The number of rotatable bonds is 2. The molecule has 0 radical (unpaired) electrons. The Labute approximate surface area is 118 Å². The summed E-state index contributed by atoms with van der Waals surface area (Å²) in [6.45, 7) is 3.81. The number of likely N-dealkylation sites (tertiary alicyclic amines) is 1. The van der Waals surface area contributed by atoms with Gasteiger partial charge in [-0.15, -0.1) is 12.4 Å². The third-order valence-corrected chi connectivity index (χ3v) is 4.01. The van der Waals surface area contributed by atoms with Gasteiger partial charge < -0.3 is 10.2 Å². The first-order chi connectivity index (χ1) is 8.72. The SMILES string of the molecule is Cl.O=C(Cc1ccc(F)cc1)N1C[C@H]2CNC[C@H]2C1. The minimum absolute atomic E-state index is 0. The van der Waals surface area contributed by atoms with Crippen LogP contribution in [0.15, 0.2) is 24.3 Å². The maximum absolute atomic E-state index is 12.8. The number of nitrogens with one attached hydrogen (secondary N) is 1. The van der Waals surface area contributed by atoms with E-state index in [1.807, 2.05) is 4.90 Å². The third kappa shape index (κ3) is 3.07. The summed E-state index contributed by atoms with van der Waals surface area (Å²) >= 11 is 0. The average Bonchev–Trinajstić information content (AvgIpc) is 2.92. The zero-order valence-electron chi connectivity index (χ0n) is 10.6. The first-order valence-electron chi connectivity index (χ1n) is 6.45. The molecule has 0 bridgehead atoms. The maximum Gasteiger partial charge on any atom is 0.227 e. The Bertz CT molecular complexity index is 439. The normalized spacial score (nSPS) is 25.0. The summed E-state index contributed by atoms with van der Waals surface area (Å²) in [5, 5.41) is 3.36. The van der Waals surface area contributed by atoms with Crippen molar-refractivity contribution in [1.82, 2.24) is 10.2 Å². The quantitative estimate of drug-likeness (QED) is 0.892. The summed E-state index contributed by atoms with van der Waals surface area (Å²) < 4.78 is 12.8. The van der Waals surface area contributed by atoms with Crippen LogP contribution in [0.5, 0.6) is 0 Å². The van der Waals surface area contributed by atoms with Crippen molar-refractivity contribution in [3.63, 3.8) is 0 Å². The van der Waals surface area contributed by atoms with E-state index in [-0.39, 0.29) is 24.1 Å². The number of hydrogen-bond acceptors (Lipinski definition) is 2. The zero-order valence-corrected chi connectivity index (χ0v) is 11.5. The van der Waals surface area contributed by atoms with E-state index >= 15 is 0 Å². The lowest BCUT2D eigenvalue weighted by Gasteiger charge is -2.17. The van der Waals surface area contributed by atoms with Gasteiger partial charge in [-0.3, -0.25) is 4.79 Å². The number of fused-ring (bicyclic) bond motifs is 1. The van der Waals surface area contributed by atoms with Crippen molar-refractivity contribution in [3.8, 4) is 0 Å². The molecule has 3 rings (SSSR count). The highest BCUT2D eigenvalue weighted by Gasteiger charge is 2.37. The van der Waals surface area contributed by atoms with Crippen molar-refractivity contribution in [2.75, 3.05) is 26.2 Å². The second-order valence-electron chi connectivity index (χ2n) is 5.28. The van der Waals surface area contributed by atoms with E-state index in [1.165, 1.54) is 12.1 Å². The van der Waals surface area contributed by atoms with Crippen molar-refractivity contribution in [3.05, 3.63) is 35.6 Å². The van der Waals surface area contributed by atoms with Gasteiger partial charge in [0.05, 0.1) is 6.42 Å². The standard InChI is InChI=1S/C14H17FN2O.ClH/c15-13-3-1-10(2-4-13)5-14(18)17-8-11-6-16-7-12(11)9-17;/h1-4,11-12,16H,5-9H2;1H/t11-,12+;. The summed E-state index contributed by atoms with van der Waals surface area (Å²) in [5.74, 6) is 1.16. The monoisotopic (exact) mass is 284 g/mol. The summed E-state index contributed by atoms with van der Waals surface area (Å²) in [6, 6.07) is 6.19. The van der Waals surface area contributed by atoms with Gasteiger partial charge in [-0.2, -0.15) is 0 Å². The van der Waals surface area contributed by atoms with Crippen LogP contribution in [0.4, 0.5) is 4.39 Å². The lowest BCUT2D eigenvalue weighted by Crippen LogP contribution is -2.32. The number of amides is 1. The molecule has 104 valence electrons. The van der Waals surface area contributed by atoms with Crippen molar-refractivity contribution >= 4 is 18.3 Å². The molecule has 2 aliphatic heterocycles. The molecular formula is C14H18ClFN2O. The maximum atomic E-state index is 12.8. The molecule has 1 N–H and O–H groups in total. The van der Waals surface area contributed by atoms with E-state index in [1.54, 1.807) is 12.1 Å². The lowest BCUT2D eigenvalue weighted by molar-refractivity contribution is -0.129. The second-order valence-corrected chi connectivity index (χ2v) is 5.28. The van der Waals surface area contributed by atoms with Crippen LogP contribution in [0.2, 0.25) is 0 Å². The molecule has 1 amide bonds. The average molecular weight is 285 g/mol. The van der Waals surface area contributed by atoms with Crippen LogP contribution < -0.4 is 5.32 Å². The minimum atomic E-state index is -0.257. The lowest BCUT2D eigenvalue weighted by atomic mass is 10.0. The molecule has 2 aliphatic rings. The smallest absolute Gasteiger partial charge is 0.227 e. The minimum Gasteiger partial charge on any atom is -0.342 e. The molecule has 3 nitrogen and oxygen atoms in total. The Balaban J connectivity index is 0.00000133. The number of benzene rings is 1. The summed E-state index contributed by atoms with van der Waals surface area (Å²) in [6.07, 6.45) is 0.382. The third-order valence-electron chi connectivity index (χ3n) is 4.01. The first-order valence-corrected chi connectivity index (χ1v) is 6.45. The van der Waals surface area contributed by atoms with Gasteiger partial charge in [-0.1, -0.05) is 12.1 Å². The topological polar surface area (TPSA) is 32.3 Å². The predicted molar refractivity (Wildman–Crippen MR) is 73.8 cm³/mol. The van der Waals surface area contributed by atoms with Gasteiger partial charge in [-0.05, 0) is 29.5 Å². The highest BCUT2D eigenvalue weighted by Crippen LogP contribution is 2.26. The van der Waals surface area contributed by atoms with E-state index in [9.17, 15) is 9.18 Å². The molecule has 0 aromatic heterocycles. The Hall–Kier alpha value is -1.13. The molecule has 5 heteroatoms. The zero-order chi connectivity index (χ0) is 12.5. The first kappa shape index (κ1) is 14.3. The number of halogens is 2. The van der Waals surface area contributed by atoms with Crippen molar-refractivity contribution in [2.45, 2.75) is 6.42 Å². The number of carbonyl (C=O) groups excluding carboxylic acids is 1. The summed E-state index contributed by atoms with van der Waals surface area (Å²) in [4.78, 5) is 14.1. The summed E-state index contributed by atoms with van der Waals surface area (Å²) in [7, 11) is 0. The van der Waals surface area contributed by atoms with E-state index in [0.29, 0.717) is 18.3 Å². The van der Waals surface area contributed by atoms with E-state index < -0.39 is 0 Å². The van der Waals surface area contributed by atoms with E-state index in [2.05, 4.69) is 5.32 Å². The van der Waals surface area contributed by atoms with Gasteiger partial charge in [0.15, 0.2) is 0 Å². The Morgan fingerprint density at radius 2 is 1.79 bits per heavy atom. The molecule has 2 fully saturated rings. The molecule has 2 atom stereocenters. The van der Waals surface area contributed by atoms with Gasteiger partial charge in [0.1, 0.15) is 5.82 Å². The van der Waals surface area contributed by atoms with Gasteiger partial charge >= 0.3 is 0 Å². The molecule has 1 aromatic rings. The second kappa shape index (κ2) is 5.88. The molecule has 0 spiro atoms. The fourth-order valence-electron chi connectivity index (χ4n) is 2.95. The van der Waals surface area contributed by atoms with Crippen LogP contribution in [0.25, 0.3) is 0 Å². The number of carbonyl (C=O) groups is 1. The van der Waals surface area contributed by atoms with Crippen molar-refractivity contribution in [1.29, 1.82) is 0 Å². The van der Waals surface area contributed by atoms with Crippen molar-refractivity contribution < 1.29 is 9.18 Å². The summed E-state index contributed by atoms with van der Waals surface area (Å²) in [5.41, 5.74) is 0.886. The van der Waals surface area contributed by atoms with Crippen LogP contribution in [0.1, 0.15) is 5.56 Å². The van der Waals surface area contributed by atoms with E-state index in [4.69, 9.17) is 0 Å². The highest BCUT2D eigenvalue weighted by molar-refractivity contribution is 5.85. The molecular weight excluding hydrogens is 267 g/mol. The Kier molecular flexibility index (Phi) is 4.42. The molecule has 19 heavy (non-hydrogen) atoms. The number of hydrogen-bond donors (Lipinski definition) is 1. The van der Waals surface area contributed by atoms with Crippen LogP contribution in [0, 0.1) is 17.7 Å². The fraction of sp³-hybridized carbons (Fsp3) is 0.500. The molecule has 0 unspecified atom stereocenters. The highest BCUT2D eigenvalue weighted by atomic mass is 35.5. The number of nitrogens with zero attached hydrogens (tertiary/aromatic N) is 1. The molecule has 2 saturated heterocycles. The van der Waals surface area contributed by atoms with Crippen LogP contribution >= 0.6 is 12.4 Å². The predicted octanol–water partition coefficient (Wildman–Crippen LogP) is 1.47. The van der Waals surface area contributed by atoms with Crippen molar-refractivity contribution in [2.24, 2.45) is 11.8 Å². The van der Waals surface area contributed by atoms with Gasteiger partial charge in [0, 0.05) is 26.2 Å². The van der Waals surface area contributed by atoms with Gasteiger partial charge in [0.2, 0.25) is 5.91 Å². The fourth-order valence-corrected chi connectivity index (χ4v) is 2.95. The van der Waals surface area contributed by atoms with Gasteiger partial charge in [-0.25, -0.2) is 4.39 Å². The Morgan fingerprint density at radius 1 is 1.21 bits per heavy atom. The molecule has 2 heterocycles. The van der Waals surface area contributed by atoms with Gasteiger partial charge in [0.25, 0.3) is 0 Å². The largest absolute Gasteiger partial charge is 0.342 e. The molecule has 0 aliphatic carbocycles. The van der Waals surface area contributed by atoms with Crippen LogP contribution in [0.3, 0.4) is 0 Å². The molecule has 1 aromatic carbocycles. The molecule has 0 saturated carbocycles. The Morgan fingerprint density at radius 3 is 2.37 bits per heavy atom. The van der Waals surface area contributed by atoms with E-state index in [0.717, 1.165) is 31.7 Å². The van der Waals surface area contributed by atoms with Crippen LogP contribution in [-0.2, 0) is 11.2 Å².